The molecule has 0 N–H and O–H groups in total. The predicted molar refractivity (Wildman–Crippen MR) is 58.7 cm³/mol. The number of pyridine rings is 1. The fourth-order valence-electron chi connectivity index (χ4n) is 1.25. The van der Waals surface area contributed by atoms with Gasteiger partial charge in [-0.25, -0.2) is 0 Å². The highest BCUT2D eigenvalue weighted by Crippen LogP contribution is 2.00. The van der Waals surface area contributed by atoms with E-state index in [1.54, 1.807) is 19.3 Å². The summed E-state index contributed by atoms with van der Waals surface area (Å²) < 4.78 is 5.33. The maximum Gasteiger partial charge on any atom is 0.132 e. The van der Waals surface area contributed by atoms with Crippen LogP contribution in [0.2, 0.25) is 0 Å². The third kappa shape index (κ3) is 5.96. The molecule has 0 saturated heterocycles. The van der Waals surface area contributed by atoms with Gasteiger partial charge in [0, 0.05) is 25.4 Å². The van der Waals surface area contributed by atoms with E-state index in [0.717, 1.165) is 19.4 Å². The molecule has 0 aliphatic rings. The first-order valence-corrected chi connectivity index (χ1v) is 5.25. The summed E-state index contributed by atoms with van der Waals surface area (Å²) in [5.41, 5.74) is 1.28. The Bertz CT molecular complexity index is 285. The van der Waals surface area contributed by atoms with Gasteiger partial charge in [0.15, 0.2) is 0 Å². The quantitative estimate of drug-likeness (QED) is 0.642. The van der Waals surface area contributed by atoms with Gasteiger partial charge in [-0.1, -0.05) is 0 Å². The van der Waals surface area contributed by atoms with Crippen molar-refractivity contribution in [1.29, 1.82) is 0 Å². The van der Waals surface area contributed by atoms with Gasteiger partial charge in [-0.2, -0.15) is 0 Å². The van der Waals surface area contributed by atoms with E-state index in [2.05, 4.69) is 4.98 Å². The molecule has 1 aromatic rings. The molecule has 1 aromatic heterocycles. The Balaban J connectivity index is 2.00. The van der Waals surface area contributed by atoms with E-state index in [4.69, 9.17) is 4.74 Å². The maximum absolute atomic E-state index is 10.6. The maximum atomic E-state index is 10.6. The number of rotatable bonds is 7. The molecule has 0 saturated carbocycles. The summed E-state index contributed by atoms with van der Waals surface area (Å²) in [5, 5.41) is 0. The second kappa shape index (κ2) is 7.12. The Morgan fingerprint density at radius 1 is 1.33 bits per heavy atom. The first kappa shape index (κ1) is 11.9. The minimum Gasteiger partial charge on any atom is -0.381 e. The number of Topliss-reactive ketones (excluding diaryl/α,β-unsaturated/α-hetero) is 1. The van der Waals surface area contributed by atoms with Crippen LogP contribution in [0.3, 0.4) is 0 Å². The number of aryl methyl sites for hydroxylation is 1. The van der Waals surface area contributed by atoms with Crippen molar-refractivity contribution in [2.24, 2.45) is 0 Å². The number of carbonyl (C=O) groups excluding carboxylic acids is 1. The van der Waals surface area contributed by atoms with E-state index in [0.29, 0.717) is 13.0 Å². The summed E-state index contributed by atoms with van der Waals surface area (Å²) in [4.78, 5) is 14.6. The molecular weight excluding hydrogens is 190 g/mol. The highest BCUT2D eigenvalue weighted by molar-refractivity contribution is 5.75. The van der Waals surface area contributed by atoms with E-state index in [9.17, 15) is 4.79 Å². The molecule has 1 heterocycles. The summed E-state index contributed by atoms with van der Waals surface area (Å²) in [6.45, 7) is 2.85. The van der Waals surface area contributed by atoms with Crippen LogP contribution in [-0.4, -0.2) is 24.0 Å². The molecule has 0 bridgehead atoms. The topological polar surface area (TPSA) is 39.2 Å². The standard InChI is InChI=1S/C12H17NO2/c1-11(14)6-10-15-9-2-3-12-4-7-13-8-5-12/h4-5,7-8H,2-3,6,9-10H2,1H3. The van der Waals surface area contributed by atoms with Crippen LogP contribution < -0.4 is 0 Å². The van der Waals surface area contributed by atoms with Gasteiger partial charge < -0.3 is 4.74 Å². The fraction of sp³-hybridized carbons (Fsp3) is 0.500. The van der Waals surface area contributed by atoms with Gasteiger partial charge in [-0.05, 0) is 37.5 Å². The SMILES string of the molecule is CC(=O)CCOCCCc1ccncc1. The van der Waals surface area contributed by atoms with Gasteiger partial charge in [0.1, 0.15) is 5.78 Å². The van der Waals surface area contributed by atoms with Crippen molar-refractivity contribution in [1.82, 2.24) is 4.98 Å². The van der Waals surface area contributed by atoms with Crippen molar-refractivity contribution in [3.05, 3.63) is 30.1 Å². The van der Waals surface area contributed by atoms with E-state index >= 15 is 0 Å². The Morgan fingerprint density at radius 3 is 2.73 bits per heavy atom. The summed E-state index contributed by atoms with van der Waals surface area (Å²) in [6.07, 6.45) is 6.11. The van der Waals surface area contributed by atoms with E-state index in [1.807, 2.05) is 12.1 Å². The molecule has 3 heteroatoms. The molecule has 0 aliphatic heterocycles. The lowest BCUT2D eigenvalue weighted by Crippen LogP contribution is -2.02. The predicted octanol–water partition coefficient (Wildman–Crippen LogP) is 2.01. The van der Waals surface area contributed by atoms with Crippen molar-refractivity contribution >= 4 is 5.78 Å². The lowest BCUT2D eigenvalue weighted by molar-refractivity contribution is -0.118. The Kier molecular flexibility index (Phi) is 5.63. The molecule has 0 aromatic carbocycles. The average molecular weight is 207 g/mol. The van der Waals surface area contributed by atoms with E-state index in [-0.39, 0.29) is 5.78 Å². The Hall–Kier alpha value is -1.22. The van der Waals surface area contributed by atoms with Crippen molar-refractivity contribution in [2.75, 3.05) is 13.2 Å². The lowest BCUT2D eigenvalue weighted by Gasteiger charge is -2.02. The molecule has 15 heavy (non-hydrogen) atoms. The van der Waals surface area contributed by atoms with Crippen LogP contribution in [0, 0.1) is 0 Å². The van der Waals surface area contributed by atoms with Crippen molar-refractivity contribution in [3.63, 3.8) is 0 Å². The van der Waals surface area contributed by atoms with E-state index < -0.39 is 0 Å². The number of ether oxygens (including phenoxy) is 1. The average Bonchev–Trinajstić information content (AvgIpc) is 2.24. The Morgan fingerprint density at radius 2 is 2.07 bits per heavy atom. The highest BCUT2D eigenvalue weighted by atomic mass is 16.5. The minimum atomic E-state index is 0.184. The van der Waals surface area contributed by atoms with Crippen molar-refractivity contribution in [3.8, 4) is 0 Å². The monoisotopic (exact) mass is 207 g/mol. The zero-order valence-corrected chi connectivity index (χ0v) is 9.11. The molecular formula is C12H17NO2. The van der Waals surface area contributed by atoms with Gasteiger partial charge in [-0.3, -0.25) is 9.78 Å². The molecule has 0 amide bonds. The van der Waals surface area contributed by atoms with Crippen LogP contribution in [0.1, 0.15) is 25.3 Å². The molecule has 0 spiro atoms. The van der Waals surface area contributed by atoms with Crippen LogP contribution in [0.15, 0.2) is 24.5 Å². The molecule has 0 atom stereocenters. The number of hydrogen-bond acceptors (Lipinski definition) is 3. The van der Waals surface area contributed by atoms with Gasteiger partial charge in [0.25, 0.3) is 0 Å². The third-order valence-electron chi connectivity index (χ3n) is 2.10. The second-order valence-corrected chi connectivity index (χ2v) is 3.52. The number of hydrogen-bond donors (Lipinski definition) is 0. The third-order valence-corrected chi connectivity index (χ3v) is 2.10. The molecule has 0 radical (unpaired) electrons. The summed E-state index contributed by atoms with van der Waals surface area (Å²) in [6, 6.07) is 4.02. The fourth-order valence-corrected chi connectivity index (χ4v) is 1.25. The van der Waals surface area contributed by atoms with Crippen LogP contribution in [0.4, 0.5) is 0 Å². The number of nitrogens with zero attached hydrogens (tertiary/aromatic N) is 1. The molecule has 0 unspecified atom stereocenters. The second-order valence-electron chi connectivity index (χ2n) is 3.52. The zero-order valence-electron chi connectivity index (χ0n) is 9.11. The lowest BCUT2D eigenvalue weighted by atomic mass is 10.1. The van der Waals surface area contributed by atoms with Crippen LogP contribution >= 0.6 is 0 Å². The normalized spacial score (nSPS) is 10.2. The van der Waals surface area contributed by atoms with Gasteiger partial charge >= 0.3 is 0 Å². The van der Waals surface area contributed by atoms with Crippen LogP contribution in [0.5, 0.6) is 0 Å². The molecule has 1 rings (SSSR count). The van der Waals surface area contributed by atoms with Crippen molar-refractivity contribution in [2.45, 2.75) is 26.2 Å². The number of ketones is 1. The van der Waals surface area contributed by atoms with Gasteiger partial charge in [0.2, 0.25) is 0 Å². The summed E-state index contributed by atoms with van der Waals surface area (Å²) >= 11 is 0. The minimum absolute atomic E-state index is 0.184. The number of aromatic nitrogens is 1. The molecule has 0 aliphatic carbocycles. The molecule has 82 valence electrons. The first-order valence-electron chi connectivity index (χ1n) is 5.25. The zero-order chi connectivity index (χ0) is 10.9. The first-order chi connectivity index (χ1) is 7.29. The highest BCUT2D eigenvalue weighted by Gasteiger charge is 1.95. The van der Waals surface area contributed by atoms with E-state index in [1.165, 1.54) is 5.56 Å². The summed E-state index contributed by atoms with van der Waals surface area (Å²) in [5.74, 6) is 0.184. The van der Waals surface area contributed by atoms with Gasteiger partial charge in [-0.15, -0.1) is 0 Å². The van der Waals surface area contributed by atoms with Crippen LogP contribution in [-0.2, 0) is 16.0 Å². The number of carbonyl (C=O) groups is 1. The van der Waals surface area contributed by atoms with Crippen molar-refractivity contribution < 1.29 is 9.53 Å². The molecule has 0 fully saturated rings. The summed E-state index contributed by atoms with van der Waals surface area (Å²) in [7, 11) is 0. The Labute approximate surface area is 90.5 Å². The van der Waals surface area contributed by atoms with Crippen LogP contribution in [0.25, 0.3) is 0 Å². The largest absolute Gasteiger partial charge is 0.381 e. The molecule has 3 nitrogen and oxygen atoms in total. The smallest absolute Gasteiger partial charge is 0.132 e. The van der Waals surface area contributed by atoms with Gasteiger partial charge in [0.05, 0.1) is 6.61 Å².